The Bertz CT molecular complexity index is 1010. The molecule has 29 heavy (non-hydrogen) atoms. The second-order valence-corrected chi connectivity index (χ2v) is 6.76. The second kappa shape index (κ2) is 8.97. The Hall–Kier alpha value is -3.74. The lowest BCUT2D eigenvalue weighted by molar-refractivity contribution is -0.116. The van der Waals surface area contributed by atoms with Crippen LogP contribution in [-0.4, -0.2) is 33.2 Å². The maximum absolute atomic E-state index is 12.4. The summed E-state index contributed by atoms with van der Waals surface area (Å²) >= 11 is 0. The minimum absolute atomic E-state index is 0.131. The molecule has 0 aliphatic rings. The maximum atomic E-state index is 12.4. The molecule has 0 bridgehead atoms. The first-order chi connectivity index (χ1) is 13.9. The maximum Gasteiger partial charge on any atom is 0.251 e. The number of nitrogens with one attached hydrogen (secondary N) is 2. The predicted molar refractivity (Wildman–Crippen MR) is 110 cm³/mol. The third-order valence-corrected chi connectivity index (χ3v) is 4.36. The smallest absolute Gasteiger partial charge is 0.251 e. The minimum Gasteiger partial charge on any atom is -0.349 e. The van der Waals surface area contributed by atoms with Crippen molar-refractivity contribution in [1.82, 2.24) is 14.9 Å². The first kappa shape index (κ1) is 20.0. The van der Waals surface area contributed by atoms with Crippen molar-refractivity contribution in [2.24, 2.45) is 7.05 Å². The number of nitrogens with zero attached hydrogens (tertiary/aromatic N) is 2. The Morgan fingerprint density at radius 2 is 1.69 bits per heavy atom. The van der Waals surface area contributed by atoms with Gasteiger partial charge >= 0.3 is 0 Å². The molecule has 0 aliphatic heterocycles. The Morgan fingerprint density at radius 1 is 1.00 bits per heavy atom. The van der Waals surface area contributed by atoms with Gasteiger partial charge in [0.1, 0.15) is 0 Å². The fourth-order valence-electron chi connectivity index (χ4n) is 2.86. The van der Waals surface area contributed by atoms with Crippen LogP contribution in [0.1, 0.15) is 39.9 Å². The molecular formula is C22H22N4O3. The Morgan fingerprint density at radius 3 is 2.31 bits per heavy atom. The Balaban J connectivity index is 1.53. The number of carbonyl (C=O) groups is 3. The standard InChI is InChI=1S/C22H22N4O3/c1-15(24-22(29)17-6-4-3-5-7-17)14-19(27)25-18-10-8-16(9-11-18)20(28)21-23-12-13-26(21)2/h3-13,15H,14H2,1-2H3,(H,24,29)(H,25,27). The van der Waals surface area contributed by atoms with Crippen LogP contribution in [0.15, 0.2) is 67.0 Å². The van der Waals surface area contributed by atoms with Gasteiger partial charge in [-0.2, -0.15) is 0 Å². The molecule has 0 spiro atoms. The Kier molecular flexibility index (Phi) is 6.19. The van der Waals surface area contributed by atoms with E-state index in [0.717, 1.165) is 0 Å². The van der Waals surface area contributed by atoms with E-state index in [1.807, 2.05) is 6.07 Å². The number of ketones is 1. The highest BCUT2D eigenvalue weighted by Crippen LogP contribution is 2.13. The number of benzene rings is 2. The lowest BCUT2D eigenvalue weighted by atomic mass is 10.1. The number of carbonyl (C=O) groups excluding carboxylic acids is 3. The highest BCUT2D eigenvalue weighted by molar-refractivity contribution is 6.07. The van der Waals surface area contributed by atoms with Crippen molar-refractivity contribution in [1.29, 1.82) is 0 Å². The largest absolute Gasteiger partial charge is 0.349 e. The van der Waals surface area contributed by atoms with Crippen molar-refractivity contribution in [3.05, 3.63) is 83.9 Å². The molecule has 0 saturated carbocycles. The van der Waals surface area contributed by atoms with Crippen molar-refractivity contribution < 1.29 is 14.4 Å². The highest BCUT2D eigenvalue weighted by Gasteiger charge is 2.15. The molecule has 2 amide bonds. The molecule has 2 N–H and O–H groups in total. The number of anilines is 1. The van der Waals surface area contributed by atoms with Gasteiger partial charge in [0.05, 0.1) is 0 Å². The molecule has 1 aromatic heterocycles. The van der Waals surface area contributed by atoms with Gasteiger partial charge in [-0.1, -0.05) is 18.2 Å². The number of amides is 2. The van der Waals surface area contributed by atoms with Crippen LogP contribution in [0.2, 0.25) is 0 Å². The van der Waals surface area contributed by atoms with E-state index in [9.17, 15) is 14.4 Å². The van der Waals surface area contributed by atoms with Gasteiger partial charge in [-0.25, -0.2) is 4.98 Å². The fourth-order valence-corrected chi connectivity index (χ4v) is 2.86. The number of hydrogen-bond acceptors (Lipinski definition) is 4. The van der Waals surface area contributed by atoms with Crippen LogP contribution in [0, 0.1) is 0 Å². The topological polar surface area (TPSA) is 93.1 Å². The van der Waals surface area contributed by atoms with Gasteiger partial charge in [-0.15, -0.1) is 0 Å². The van der Waals surface area contributed by atoms with Gasteiger partial charge in [0.25, 0.3) is 5.91 Å². The minimum atomic E-state index is -0.327. The summed E-state index contributed by atoms with van der Waals surface area (Å²) in [5.74, 6) is -0.283. The molecule has 1 heterocycles. The van der Waals surface area contributed by atoms with Gasteiger partial charge in [0.2, 0.25) is 11.7 Å². The van der Waals surface area contributed by atoms with E-state index >= 15 is 0 Å². The van der Waals surface area contributed by atoms with Crippen LogP contribution in [-0.2, 0) is 11.8 Å². The lowest BCUT2D eigenvalue weighted by Gasteiger charge is -2.14. The molecule has 0 fully saturated rings. The van der Waals surface area contributed by atoms with Gasteiger partial charge in [0, 0.05) is 48.7 Å². The monoisotopic (exact) mass is 390 g/mol. The van der Waals surface area contributed by atoms with Gasteiger partial charge in [-0.3, -0.25) is 14.4 Å². The average Bonchev–Trinajstić information content (AvgIpc) is 3.14. The van der Waals surface area contributed by atoms with E-state index in [2.05, 4.69) is 15.6 Å². The summed E-state index contributed by atoms with van der Waals surface area (Å²) in [5, 5.41) is 5.58. The van der Waals surface area contributed by atoms with Crippen LogP contribution in [0.4, 0.5) is 5.69 Å². The Labute approximate surface area is 168 Å². The zero-order chi connectivity index (χ0) is 20.8. The SMILES string of the molecule is CC(CC(=O)Nc1ccc(C(=O)c2nccn2C)cc1)NC(=O)c1ccccc1. The molecule has 7 nitrogen and oxygen atoms in total. The van der Waals surface area contributed by atoms with E-state index in [1.54, 1.807) is 79.5 Å². The molecule has 0 radical (unpaired) electrons. The summed E-state index contributed by atoms with van der Waals surface area (Å²) in [6, 6.07) is 15.1. The van der Waals surface area contributed by atoms with Crippen molar-refractivity contribution in [2.75, 3.05) is 5.32 Å². The molecule has 7 heteroatoms. The van der Waals surface area contributed by atoms with Crippen LogP contribution >= 0.6 is 0 Å². The van der Waals surface area contributed by atoms with Crippen LogP contribution in [0.25, 0.3) is 0 Å². The molecule has 1 atom stereocenters. The number of hydrogen-bond donors (Lipinski definition) is 2. The molecule has 148 valence electrons. The summed E-state index contributed by atoms with van der Waals surface area (Å²) < 4.78 is 1.66. The summed E-state index contributed by atoms with van der Waals surface area (Å²) in [4.78, 5) is 40.9. The third kappa shape index (κ3) is 5.16. The van der Waals surface area contributed by atoms with Crippen LogP contribution < -0.4 is 10.6 Å². The second-order valence-electron chi connectivity index (χ2n) is 6.76. The molecule has 2 aromatic carbocycles. The normalized spacial score (nSPS) is 11.5. The van der Waals surface area contributed by atoms with Crippen LogP contribution in [0.3, 0.4) is 0 Å². The molecule has 3 aromatic rings. The number of aryl methyl sites for hydroxylation is 1. The van der Waals surface area contributed by atoms with Gasteiger partial charge in [0.15, 0.2) is 5.82 Å². The van der Waals surface area contributed by atoms with Crippen molar-refractivity contribution in [3.63, 3.8) is 0 Å². The van der Waals surface area contributed by atoms with Gasteiger partial charge < -0.3 is 15.2 Å². The molecule has 0 aliphatic carbocycles. The van der Waals surface area contributed by atoms with E-state index in [1.165, 1.54) is 0 Å². The zero-order valence-corrected chi connectivity index (χ0v) is 16.3. The molecule has 3 rings (SSSR count). The quantitative estimate of drug-likeness (QED) is 0.607. The predicted octanol–water partition coefficient (Wildman–Crippen LogP) is 2.80. The summed E-state index contributed by atoms with van der Waals surface area (Å²) in [7, 11) is 1.76. The average molecular weight is 390 g/mol. The summed E-state index contributed by atoms with van der Waals surface area (Å²) in [5.41, 5.74) is 1.61. The number of imidazole rings is 1. The third-order valence-electron chi connectivity index (χ3n) is 4.36. The first-order valence-corrected chi connectivity index (χ1v) is 9.22. The van der Waals surface area contributed by atoms with E-state index in [0.29, 0.717) is 22.6 Å². The van der Waals surface area contributed by atoms with E-state index in [4.69, 9.17) is 0 Å². The molecular weight excluding hydrogens is 368 g/mol. The van der Waals surface area contributed by atoms with Gasteiger partial charge in [-0.05, 0) is 43.3 Å². The lowest BCUT2D eigenvalue weighted by Crippen LogP contribution is -2.35. The van der Waals surface area contributed by atoms with E-state index < -0.39 is 0 Å². The molecule has 1 unspecified atom stereocenters. The number of rotatable bonds is 7. The van der Waals surface area contributed by atoms with Crippen molar-refractivity contribution >= 4 is 23.3 Å². The summed E-state index contributed by atoms with van der Waals surface area (Å²) in [6.45, 7) is 1.77. The van der Waals surface area contributed by atoms with Crippen molar-refractivity contribution in [2.45, 2.75) is 19.4 Å². The fraction of sp³-hybridized carbons (Fsp3) is 0.182. The molecule has 0 saturated heterocycles. The van der Waals surface area contributed by atoms with E-state index in [-0.39, 0.29) is 30.1 Å². The first-order valence-electron chi connectivity index (χ1n) is 9.22. The van der Waals surface area contributed by atoms with Crippen LogP contribution in [0.5, 0.6) is 0 Å². The van der Waals surface area contributed by atoms with Crippen molar-refractivity contribution in [3.8, 4) is 0 Å². The highest BCUT2D eigenvalue weighted by atomic mass is 16.2. The number of aromatic nitrogens is 2. The summed E-state index contributed by atoms with van der Waals surface area (Å²) in [6.07, 6.45) is 3.41. The zero-order valence-electron chi connectivity index (χ0n) is 16.3.